The van der Waals surface area contributed by atoms with E-state index in [9.17, 15) is 14.4 Å². The van der Waals surface area contributed by atoms with E-state index in [1.165, 1.54) is 6.07 Å². The lowest BCUT2D eigenvalue weighted by molar-refractivity contribution is -0.140. The van der Waals surface area contributed by atoms with Crippen LogP contribution in [0.4, 0.5) is 4.79 Å². The first-order chi connectivity index (χ1) is 12.2. The molecule has 1 N–H and O–H groups in total. The van der Waals surface area contributed by atoms with Crippen LogP contribution in [0.15, 0.2) is 18.2 Å². The first kappa shape index (κ1) is 19.0. The van der Waals surface area contributed by atoms with E-state index in [2.05, 4.69) is 5.32 Å². The Balaban J connectivity index is 1.81. The molecule has 2 atom stereocenters. The number of likely N-dealkylation sites (tertiary alicyclic amines) is 1. The third-order valence-electron chi connectivity index (χ3n) is 5.16. The van der Waals surface area contributed by atoms with E-state index in [-0.39, 0.29) is 23.5 Å². The van der Waals surface area contributed by atoms with Crippen LogP contribution in [0.1, 0.15) is 38.7 Å². The van der Waals surface area contributed by atoms with Gasteiger partial charge >= 0.3 is 6.03 Å². The molecule has 2 aliphatic heterocycles. The molecule has 3 rings (SSSR count). The van der Waals surface area contributed by atoms with E-state index >= 15 is 0 Å². The first-order valence-corrected chi connectivity index (χ1v) is 9.38. The van der Waals surface area contributed by atoms with Crippen molar-refractivity contribution in [3.63, 3.8) is 0 Å². The van der Waals surface area contributed by atoms with Crippen molar-refractivity contribution in [1.82, 2.24) is 15.1 Å². The van der Waals surface area contributed by atoms with E-state index in [1.54, 1.807) is 24.0 Å². The molecule has 0 unspecified atom stereocenters. The second-order valence-electron chi connectivity index (χ2n) is 7.00. The number of nitrogens with one attached hydrogen (secondary N) is 1. The Morgan fingerprint density at radius 1 is 1.31 bits per heavy atom. The predicted molar refractivity (Wildman–Crippen MR) is 99.1 cm³/mol. The summed E-state index contributed by atoms with van der Waals surface area (Å²) < 4.78 is 0. The summed E-state index contributed by atoms with van der Waals surface area (Å²) in [5.41, 5.74) is -0.879. The van der Waals surface area contributed by atoms with Gasteiger partial charge in [0.1, 0.15) is 12.1 Å². The number of rotatable bonds is 3. The fourth-order valence-electron chi connectivity index (χ4n) is 3.61. The van der Waals surface area contributed by atoms with Crippen molar-refractivity contribution < 1.29 is 14.4 Å². The minimum atomic E-state index is -1.33. The summed E-state index contributed by atoms with van der Waals surface area (Å²) in [4.78, 5) is 40.7. The Morgan fingerprint density at radius 2 is 2.04 bits per heavy atom. The van der Waals surface area contributed by atoms with Crippen molar-refractivity contribution in [2.75, 3.05) is 13.1 Å². The van der Waals surface area contributed by atoms with Crippen LogP contribution in [0, 0.1) is 0 Å². The minimum absolute atomic E-state index is 0.120. The van der Waals surface area contributed by atoms with E-state index in [1.807, 2.05) is 6.92 Å². The fourth-order valence-corrected chi connectivity index (χ4v) is 4.21. The number of carbonyl (C=O) groups excluding carboxylic acids is 3. The zero-order valence-corrected chi connectivity index (χ0v) is 16.2. The highest BCUT2D eigenvalue weighted by atomic mass is 35.5. The van der Waals surface area contributed by atoms with Crippen molar-refractivity contribution >= 4 is 41.0 Å². The summed E-state index contributed by atoms with van der Waals surface area (Å²) in [6.45, 7) is 3.95. The minimum Gasteiger partial charge on any atom is -0.338 e. The molecule has 2 aliphatic rings. The molecule has 4 amide bonds. The number of hydrogen-bond acceptors (Lipinski definition) is 3. The number of piperidine rings is 1. The molecule has 140 valence electrons. The summed E-state index contributed by atoms with van der Waals surface area (Å²) >= 11 is 12.1. The van der Waals surface area contributed by atoms with Gasteiger partial charge in [-0.1, -0.05) is 29.3 Å². The van der Waals surface area contributed by atoms with E-state index < -0.39 is 17.5 Å². The van der Waals surface area contributed by atoms with Gasteiger partial charge in [-0.15, -0.1) is 0 Å². The van der Waals surface area contributed by atoms with E-state index in [0.717, 1.165) is 24.2 Å². The Kier molecular flexibility index (Phi) is 5.17. The molecule has 2 fully saturated rings. The molecule has 0 saturated carbocycles. The number of benzene rings is 1. The number of imide groups is 1. The number of carbonyl (C=O) groups is 3. The zero-order valence-electron chi connectivity index (χ0n) is 14.7. The average molecular weight is 398 g/mol. The highest BCUT2D eigenvalue weighted by Gasteiger charge is 2.50. The Bertz CT molecular complexity index is 770. The van der Waals surface area contributed by atoms with Crippen molar-refractivity contribution in [2.24, 2.45) is 0 Å². The predicted octanol–water partition coefficient (Wildman–Crippen LogP) is 3.16. The van der Waals surface area contributed by atoms with Crippen molar-refractivity contribution in [3.05, 3.63) is 33.8 Å². The van der Waals surface area contributed by atoms with Crippen LogP contribution in [-0.4, -0.2) is 46.8 Å². The smallest absolute Gasteiger partial charge is 0.325 e. The lowest BCUT2D eigenvalue weighted by Crippen LogP contribution is -2.48. The third kappa shape index (κ3) is 3.28. The van der Waals surface area contributed by atoms with Gasteiger partial charge in [0, 0.05) is 28.2 Å². The number of amides is 4. The van der Waals surface area contributed by atoms with Gasteiger partial charge < -0.3 is 10.2 Å². The second-order valence-corrected chi connectivity index (χ2v) is 7.85. The van der Waals surface area contributed by atoms with Crippen LogP contribution in [0.2, 0.25) is 10.0 Å². The Morgan fingerprint density at radius 3 is 2.69 bits per heavy atom. The molecule has 26 heavy (non-hydrogen) atoms. The maximum absolute atomic E-state index is 13.0. The molecule has 0 bridgehead atoms. The molecular weight excluding hydrogens is 377 g/mol. The third-order valence-corrected chi connectivity index (χ3v) is 5.71. The second kappa shape index (κ2) is 7.08. The van der Waals surface area contributed by atoms with Gasteiger partial charge in [0.05, 0.1) is 0 Å². The monoisotopic (exact) mass is 397 g/mol. The number of urea groups is 1. The van der Waals surface area contributed by atoms with Crippen molar-refractivity contribution in [1.29, 1.82) is 0 Å². The summed E-state index contributed by atoms with van der Waals surface area (Å²) in [5.74, 6) is -0.711. The topological polar surface area (TPSA) is 69.7 Å². The van der Waals surface area contributed by atoms with Gasteiger partial charge in [0.25, 0.3) is 5.91 Å². The number of halogens is 2. The highest BCUT2D eigenvalue weighted by molar-refractivity contribution is 6.35. The van der Waals surface area contributed by atoms with Gasteiger partial charge in [-0.2, -0.15) is 0 Å². The average Bonchev–Trinajstić information content (AvgIpc) is 2.79. The van der Waals surface area contributed by atoms with Crippen molar-refractivity contribution in [3.8, 4) is 0 Å². The highest BCUT2D eigenvalue weighted by Crippen LogP contribution is 2.35. The van der Waals surface area contributed by atoms with Crippen LogP contribution < -0.4 is 5.32 Å². The maximum Gasteiger partial charge on any atom is 0.325 e. The molecule has 6 nitrogen and oxygen atoms in total. The van der Waals surface area contributed by atoms with Crippen LogP contribution in [-0.2, 0) is 15.1 Å². The molecule has 1 aromatic carbocycles. The van der Waals surface area contributed by atoms with Crippen LogP contribution in [0.25, 0.3) is 0 Å². The summed E-state index contributed by atoms with van der Waals surface area (Å²) in [6, 6.07) is 4.26. The van der Waals surface area contributed by atoms with Gasteiger partial charge in [0.15, 0.2) is 0 Å². The van der Waals surface area contributed by atoms with Gasteiger partial charge in [-0.25, -0.2) is 4.79 Å². The van der Waals surface area contributed by atoms with Crippen LogP contribution >= 0.6 is 23.2 Å². The fraction of sp³-hybridized carbons (Fsp3) is 0.500. The molecule has 2 heterocycles. The SMILES string of the molecule is C[C@H]1CCCCN1C(=O)CN1C(=O)N[C@@](C)(c2ccc(Cl)cc2Cl)C1=O. The Hall–Kier alpha value is -1.79. The molecule has 0 radical (unpaired) electrons. The van der Waals surface area contributed by atoms with Crippen LogP contribution in [0.5, 0.6) is 0 Å². The summed E-state index contributed by atoms with van der Waals surface area (Å²) in [6.07, 6.45) is 2.96. The molecule has 0 aliphatic carbocycles. The molecule has 1 aromatic rings. The molecule has 0 spiro atoms. The lowest BCUT2D eigenvalue weighted by Gasteiger charge is -2.34. The van der Waals surface area contributed by atoms with Crippen molar-refractivity contribution in [2.45, 2.75) is 44.7 Å². The normalized spacial score (nSPS) is 26.2. The van der Waals surface area contributed by atoms with E-state index in [4.69, 9.17) is 23.2 Å². The number of nitrogens with zero attached hydrogens (tertiary/aromatic N) is 2. The molecule has 0 aromatic heterocycles. The Labute approximate surface area is 162 Å². The van der Waals surface area contributed by atoms with Gasteiger partial charge in [-0.3, -0.25) is 14.5 Å². The number of hydrogen-bond donors (Lipinski definition) is 1. The quantitative estimate of drug-likeness (QED) is 0.796. The van der Waals surface area contributed by atoms with Gasteiger partial charge in [-0.05, 0) is 45.2 Å². The molecular formula is C18H21Cl2N3O3. The summed E-state index contributed by atoms with van der Waals surface area (Å²) in [5, 5.41) is 3.38. The lowest BCUT2D eigenvalue weighted by atomic mass is 9.92. The van der Waals surface area contributed by atoms with Crippen LogP contribution in [0.3, 0.4) is 0 Å². The zero-order chi connectivity index (χ0) is 19.1. The van der Waals surface area contributed by atoms with E-state index in [0.29, 0.717) is 17.1 Å². The standard InChI is InChI=1S/C18H21Cl2N3O3/c1-11-5-3-4-8-22(11)15(24)10-23-16(25)18(2,21-17(23)26)13-7-6-12(19)9-14(13)20/h6-7,9,11H,3-5,8,10H2,1-2H3,(H,21,26)/t11-,18-/m0/s1. The molecule has 2 saturated heterocycles. The van der Waals surface area contributed by atoms with Gasteiger partial charge in [0.2, 0.25) is 5.91 Å². The molecule has 8 heteroatoms. The first-order valence-electron chi connectivity index (χ1n) is 8.63. The largest absolute Gasteiger partial charge is 0.338 e. The maximum atomic E-state index is 13.0. The summed E-state index contributed by atoms with van der Waals surface area (Å²) in [7, 11) is 0.